The SMILES string of the molecule is Cc1sc2nc(CSc3ccc(Cl)cc3)nc(-n3cnnc3C#N)c2c1C. The van der Waals surface area contributed by atoms with Gasteiger partial charge in [-0.2, -0.15) is 5.26 Å². The first-order valence-electron chi connectivity index (χ1n) is 8.02. The summed E-state index contributed by atoms with van der Waals surface area (Å²) < 4.78 is 1.62. The lowest BCUT2D eigenvalue weighted by Crippen LogP contribution is -2.05. The minimum atomic E-state index is 0.203. The molecule has 0 saturated heterocycles. The Morgan fingerprint density at radius 2 is 2.00 bits per heavy atom. The van der Waals surface area contributed by atoms with Gasteiger partial charge in [0.25, 0.3) is 0 Å². The summed E-state index contributed by atoms with van der Waals surface area (Å²) in [6, 6.07) is 9.73. The van der Waals surface area contributed by atoms with Crippen LogP contribution < -0.4 is 0 Å². The van der Waals surface area contributed by atoms with E-state index in [4.69, 9.17) is 21.6 Å². The molecule has 4 rings (SSSR count). The molecule has 0 bridgehead atoms. The van der Waals surface area contributed by atoms with Crippen molar-refractivity contribution in [1.29, 1.82) is 5.26 Å². The van der Waals surface area contributed by atoms with Crippen molar-refractivity contribution in [2.24, 2.45) is 0 Å². The van der Waals surface area contributed by atoms with Crippen molar-refractivity contribution < 1.29 is 0 Å². The lowest BCUT2D eigenvalue weighted by atomic mass is 10.2. The number of halogens is 1. The third-order valence-corrected chi connectivity index (χ3v) is 6.47. The fourth-order valence-corrected chi connectivity index (χ4v) is 4.58. The van der Waals surface area contributed by atoms with Crippen molar-refractivity contribution in [3.8, 4) is 11.9 Å². The number of nitrogens with zero attached hydrogens (tertiary/aromatic N) is 6. The molecule has 0 spiro atoms. The molecule has 3 aromatic heterocycles. The number of nitriles is 1. The molecule has 0 aliphatic heterocycles. The number of hydrogen-bond donors (Lipinski definition) is 0. The van der Waals surface area contributed by atoms with E-state index in [1.807, 2.05) is 31.2 Å². The number of aromatic nitrogens is 5. The lowest BCUT2D eigenvalue weighted by Gasteiger charge is -2.08. The summed E-state index contributed by atoms with van der Waals surface area (Å²) in [7, 11) is 0. The predicted octanol–water partition coefficient (Wildman–Crippen LogP) is 4.71. The summed E-state index contributed by atoms with van der Waals surface area (Å²) in [5.41, 5.74) is 1.11. The number of benzene rings is 1. The zero-order chi connectivity index (χ0) is 19.0. The summed E-state index contributed by atoms with van der Waals surface area (Å²) in [5.74, 6) is 2.14. The fourth-order valence-electron chi connectivity index (χ4n) is 2.66. The number of rotatable bonds is 4. The number of thiophene rings is 1. The molecule has 3 heterocycles. The normalized spacial score (nSPS) is 11.0. The van der Waals surface area contributed by atoms with Crippen molar-refractivity contribution in [2.45, 2.75) is 24.5 Å². The Morgan fingerprint density at radius 1 is 1.22 bits per heavy atom. The van der Waals surface area contributed by atoms with Gasteiger partial charge >= 0.3 is 0 Å². The fraction of sp³-hybridized carbons (Fsp3) is 0.167. The van der Waals surface area contributed by atoms with E-state index in [-0.39, 0.29) is 5.82 Å². The van der Waals surface area contributed by atoms with Crippen molar-refractivity contribution in [2.75, 3.05) is 0 Å². The highest BCUT2D eigenvalue weighted by Gasteiger charge is 2.18. The van der Waals surface area contributed by atoms with E-state index >= 15 is 0 Å². The second kappa shape index (κ2) is 7.27. The average Bonchev–Trinajstić information content (AvgIpc) is 3.25. The zero-order valence-corrected chi connectivity index (χ0v) is 16.9. The molecule has 0 fully saturated rings. The summed E-state index contributed by atoms with van der Waals surface area (Å²) in [6.45, 7) is 4.10. The average molecular weight is 413 g/mol. The maximum atomic E-state index is 9.33. The molecular formula is C18H13ClN6S2. The van der Waals surface area contributed by atoms with Gasteiger partial charge in [0.1, 0.15) is 23.1 Å². The highest BCUT2D eigenvalue weighted by molar-refractivity contribution is 7.98. The van der Waals surface area contributed by atoms with Crippen LogP contribution in [0.4, 0.5) is 0 Å². The van der Waals surface area contributed by atoms with Gasteiger partial charge in [-0.1, -0.05) is 11.6 Å². The Hall–Kier alpha value is -2.47. The maximum Gasteiger partial charge on any atom is 0.240 e. The Morgan fingerprint density at radius 3 is 2.74 bits per heavy atom. The van der Waals surface area contributed by atoms with Gasteiger partial charge in [0.2, 0.25) is 5.82 Å². The lowest BCUT2D eigenvalue weighted by molar-refractivity contribution is 0.939. The molecule has 0 amide bonds. The van der Waals surface area contributed by atoms with Gasteiger partial charge in [0, 0.05) is 14.8 Å². The molecule has 0 atom stereocenters. The van der Waals surface area contributed by atoms with E-state index in [1.165, 1.54) is 11.2 Å². The van der Waals surface area contributed by atoms with Crippen molar-refractivity contribution in [1.82, 2.24) is 24.7 Å². The number of thioether (sulfide) groups is 1. The van der Waals surface area contributed by atoms with Gasteiger partial charge < -0.3 is 0 Å². The molecule has 4 aromatic rings. The van der Waals surface area contributed by atoms with Crippen LogP contribution in [0.1, 0.15) is 22.1 Å². The molecule has 1 aromatic carbocycles. The first-order chi connectivity index (χ1) is 13.1. The van der Waals surface area contributed by atoms with E-state index in [9.17, 15) is 5.26 Å². The second-order valence-corrected chi connectivity index (χ2v) is 8.49. The van der Waals surface area contributed by atoms with E-state index in [0.29, 0.717) is 22.4 Å². The van der Waals surface area contributed by atoms with Gasteiger partial charge in [-0.05, 0) is 43.7 Å². The Kier molecular flexibility index (Phi) is 4.83. The topological polar surface area (TPSA) is 80.3 Å². The zero-order valence-electron chi connectivity index (χ0n) is 14.5. The van der Waals surface area contributed by atoms with E-state index in [0.717, 1.165) is 20.7 Å². The third kappa shape index (κ3) is 3.41. The van der Waals surface area contributed by atoms with Gasteiger partial charge in [-0.15, -0.1) is 33.3 Å². The smallest absolute Gasteiger partial charge is 0.240 e. The molecule has 0 N–H and O–H groups in total. The van der Waals surface area contributed by atoms with Crippen LogP contribution in [0.15, 0.2) is 35.5 Å². The summed E-state index contributed by atoms with van der Waals surface area (Å²) in [5, 5.41) is 18.7. The largest absolute Gasteiger partial charge is 0.256 e. The first kappa shape index (κ1) is 17.9. The quantitative estimate of drug-likeness (QED) is 0.451. The maximum absolute atomic E-state index is 9.33. The molecule has 0 saturated carbocycles. The molecule has 6 nitrogen and oxygen atoms in total. The molecule has 0 aliphatic carbocycles. The van der Waals surface area contributed by atoms with Crippen molar-refractivity contribution in [3.63, 3.8) is 0 Å². The second-order valence-electron chi connectivity index (χ2n) is 5.81. The van der Waals surface area contributed by atoms with Crippen molar-refractivity contribution >= 4 is 44.9 Å². The summed E-state index contributed by atoms with van der Waals surface area (Å²) in [4.78, 5) is 12.6. The van der Waals surface area contributed by atoms with Gasteiger partial charge in [-0.25, -0.2) is 9.97 Å². The highest BCUT2D eigenvalue weighted by atomic mass is 35.5. The number of aryl methyl sites for hydroxylation is 2. The summed E-state index contributed by atoms with van der Waals surface area (Å²) >= 11 is 9.20. The first-order valence-corrected chi connectivity index (χ1v) is 10.2. The van der Waals surface area contributed by atoms with Crippen LogP contribution in [0.5, 0.6) is 0 Å². The van der Waals surface area contributed by atoms with Crippen LogP contribution >= 0.6 is 34.7 Å². The van der Waals surface area contributed by atoms with Crippen molar-refractivity contribution in [3.05, 3.63) is 57.7 Å². The predicted molar refractivity (Wildman–Crippen MR) is 108 cm³/mol. The minimum Gasteiger partial charge on any atom is -0.256 e. The Balaban J connectivity index is 1.78. The number of hydrogen-bond acceptors (Lipinski definition) is 7. The molecule has 0 unspecified atom stereocenters. The van der Waals surface area contributed by atoms with Crippen LogP contribution in [-0.4, -0.2) is 24.7 Å². The van der Waals surface area contributed by atoms with Crippen LogP contribution in [0, 0.1) is 25.2 Å². The summed E-state index contributed by atoms with van der Waals surface area (Å²) in [6.07, 6.45) is 1.52. The molecule has 27 heavy (non-hydrogen) atoms. The Bertz CT molecular complexity index is 1170. The highest BCUT2D eigenvalue weighted by Crippen LogP contribution is 2.33. The van der Waals surface area contributed by atoms with Crippen LogP contribution in [0.25, 0.3) is 16.0 Å². The minimum absolute atomic E-state index is 0.203. The molecule has 0 radical (unpaired) electrons. The number of fused-ring (bicyclic) bond motifs is 1. The monoisotopic (exact) mass is 412 g/mol. The Labute approximate surface area is 168 Å². The van der Waals surface area contributed by atoms with Gasteiger partial charge in [0.05, 0.1) is 11.1 Å². The van der Waals surface area contributed by atoms with Gasteiger partial charge in [-0.3, -0.25) is 4.57 Å². The molecule has 0 aliphatic rings. The van der Waals surface area contributed by atoms with Crippen LogP contribution in [-0.2, 0) is 5.75 Å². The van der Waals surface area contributed by atoms with E-state index < -0.39 is 0 Å². The van der Waals surface area contributed by atoms with Crippen LogP contribution in [0.3, 0.4) is 0 Å². The van der Waals surface area contributed by atoms with Crippen LogP contribution in [0.2, 0.25) is 5.02 Å². The van der Waals surface area contributed by atoms with E-state index in [2.05, 4.69) is 23.2 Å². The third-order valence-electron chi connectivity index (χ3n) is 4.11. The standard InChI is InChI=1S/C18H13ClN6S2/c1-10-11(2)27-18-16(10)17(25-9-21-24-15(25)7-20)22-14(23-18)8-26-13-5-3-12(19)4-6-13/h3-6,9H,8H2,1-2H3. The van der Waals surface area contributed by atoms with E-state index in [1.54, 1.807) is 27.7 Å². The molecule has 134 valence electrons. The molecular weight excluding hydrogens is 400 g/mol. The molecule has 9 heteroatoms. The van der Waals surface area contributed by atoms with Gasteiger partial charge in [0.15, 0.2) is 5.82 Å².